The van der Waals surface area contributed by atoms with Gasteiger partial charge in [-0.3, -0.25) is 4.79 Å². The number of hydrogen-bond acceptors (Lipinski definition) is 3. The van der Waals surface area contributed by atoms with Gasteiger partial charge in [-0.05, 0) is 43.5 Å². The first kappa shape index (κ1) is 17.0. The monoisotopic (exact) mass is 317 g/mol. The van der Waals surface area contributed by atoms with Gasteiger partial charge in [0.2, 0.25) is 0 Å². The molecule has 112 valence electrons. The predicted molar refractivity (Wildman–Crippen MR) is 80.6 cm³/mol. The minimum absolute atomic E-state index is 0.0388. The Morgan fingerprint density at radius 2 is 1.90 bits per heavy atom. The standard InChI is InChI=1S/C14H20ClNO3S/c1-5-16(9-10(2)3)14(17)12-6-11(4)7-13(8-12)20(15,18)19/h6-8,10H,5,9H2,1-4H3. The van der Waals surface area contributed by atoms with E-state index in [2.05, 4.69) is 0 Å². The molecule has 0 aliphatic carbocycles. The smallest absolute Gasteiger partial charge is 0.261 e. The van der Waals surface area contributed by atoms with Crippen molar-refractivity contribution in [2.45, 2.75) is 32.6 Å². The number of halogens is 1. The van der Waals surface area contributed by atoms with Crippen molar-refractivity contribution in [3.63, 3.8) is 0 Å². The van der Waals surface area contributed by atoms with Gasteiger partial charge < -0.3 is 4.90 Å². The molecule has 0 atom stereocenters. The third-order valence-corrected chi connectivity index (χ3v) is 4.17. The summed E-state index contributed by atoms with van der Waals surface area (Å²) in [5, 5.41) is 0. The van der Waals surface area contributed by atoms with Crippen LogP contribution in [0.2, 0.25) is 0 Å². The van der Waals surface area contributed by atoms with Crippen LogP contribution in [-0.4, -0.2) is 32.3 Å². The first-order chi connectivity index (χ1) is 9.15. The second-order valence-electron chi connectivity index (χ2n) is 5.21. The summed E-state index contributed by atoms with van der Waals surface area (Å²) in [6, 6.07) is 4.47. The van der Waals surface area contributed by atoms with Gasteiger partial charge in [-0.2, -0.15) is 0 Å². The molecule has 0 radical (unpaired) electrons. The molecular formula is C14H20ClNO3S. The maximum atomic E-state index is 12.4. The van der Waals surface area contributed by atoms with E-state index in [0.29, 0.717) is 30.1 Å². The molecule has 6 heteroatoms. The molecule has 1 aromatic rings. The summed E-state index contributed by atoms with van der Waals surface area (Å²) in [6.07, 6.45) is 0. The average Bonchev–Trinajstić information content (AvgIpc) is 2.33. The third-order valence-electron chi connectivity index (χ3n) is 2.83. The minimum Gasteiger partial charge on any atom is -0.339 e. The zero-order valence-corrected chi connectivity index (χ0v) is 13.8. The number of carbonyl (C=O) groups excluding carboxylic acids is 1. The molecule has 4 nitrogen and oxygen atoms in total. The van der Waals surface area contributed by atoms with Gasteiger partial charge in [0.1, 0.15) is 0 Å². The summed E-state index contributed by atoms with van der Waals surface area (Å²) in [7, 11) is 1.52. The Morgan fingerprint density at radius 3 is 2.35 bits per heavy atom. The van der Waals surface area contributed by atoms with Crippen molar-refractivity contribution in [1.29, 1.82) is 0 Å². The van der Waals surface area contributed by atoms with Crippen LogP contribution in [-0.2, 0) is 9.05 Å². The molecule has 1 aromatic carbocycles. The van der Waals surface area contributed by atoms with E-state index in [1.165, 1.54) is 12.1 Å². The van der Waals surface area contributed by atoms with Crippen LogP contribution >= 0.6 is 10.7 Å². The van der Waals surface area contributed by atoms with Crippen LogP contribution < -0.4 is 0 Å². The zero-order chi connectivity index (χ0) is 15.5. The lowest BCUT2D eigenvalue weighted by Gasteiger charge is -2.23. The van der Waals surface area contributed by atoms with E-state index < -0.39 is 9.05 Å². The Bertz CT molecular complexity index is 596. The zero-order valence-electron chi connectivity index (χ0n) is 12.2. The molecule has 0 unspecified atom stereocenters. The molecular weight excluding hydrogens is 298 g/mol. The van der Waals surface area contributed by atoms with Crippen molar-refractivity contribution in [2.24, 2.45) is 5.92 Å². The lowest BCUT2D eigenvalue weighted by atomic mass is 10.1. The van der Waals surface area contributed by atoms with E-state index in [9.17, 15) is 13.2 Å². The molecule has 0 bridgehead atoms. The van der Waals surface area contributed by atoms with Crippen molar-refractivity contribution < 1.29 is 13.2 Å². The highest BCUT2D eigenvalue weighted by Gasteiger charge is 2.19. The van der Waals surface area contributed by atoms with Crippen LogP contribution in [0, 0.1) is 12.8 Å². The van der Waals surface area contributed by atoms with Crippen molar-refractivity contribution >= 4 is 25.6 Å². The largest absolute Gasteiger partial charge is 0.339 e. The number of benzene rings is 1. The van der Waals surface area contributed by atoms with Crippen LogP contribution in [0.3, 0.4) is 0 Å². The van der Waals surface area contributed by atoms with E-state index >= 15 is 0 Å². The number of hydrogen-bond donors (Lipinski definition) is 0. The lowest BCUT2D eigenvalue weighted by Crippen LogP contribution is -2.34. The molecule has 0 saturated heterocycles. The predicted octanol–water partition coefficient (Wildman–Crippen LogP) is 3.04. The molecule has 0 aliphatic heterocycles. The van der Waals surface area contributed by atoms with Crippen molar-refractivity contribution in [2.75, 3.05) is 13.1 Å². The molecule has 0 aliphatic rings. The maximum Gasteiger partial charge on any atom is 0.261 e. The van der Waals surface area contributed by atoms with Crippen LogP contribution in [0.15, 0.2) is 23.1 Å². The molecule has 0 N–H and O–H groups in total. The Labute approximate surface area is 125 Å². The third kappa shape index (κ3) is 4.49. The number of carbonyl (C=O) groups is 1. The summed E-state index contributed by atoms with van der Waals surface area (Å²) in [4.78, 5) is 14.1. The van der Waals surface area contributed by atoms with Crippen LogP contribution in [0.5, 0.6) is 0 Å². The van der Waals surface area contributed by atoms with E-state index in [4.69, 9.17) is 10.7 Å². The topological polar surface area (TPSA) is 54.5 Å². The van der Waals surface area contributed by atoms with Gasteiger partial charge in [0.15, 0.2) is 0 Å². The van der Waals surface area contributed by atoms with Gasteiger partial charge >= 0.3 is 0 Å². The van der Waals surface area contributed by atoms with E-state index in [0.717, 1.165) is 0 Å². The molecule has 0 fully saturated rings. The molecule has 0 saturated carbocycles. The molecule has 1 amide bonds. The first-order valence-electron chi connectivity index (χ1n) is 6.50. The van der Waals surface area contributed by atoms with Gasteiger partial charge in [0, 0.05) is 29.3 Å². The highest BCUT2D eigenvalue weighted by atomic mass is 35.7. The van der Waals surface area contributed by atoms with Crippen LogP contribution in [0.4, 0.5) is 0 Å². The maximum absolute atomic E-state index is 12.4. The first-order valence-corrected chi connectivity index (χ1v) is 8.81. The summed E-state index contributed by atoms with van der Waals surface area (Å²) in [5.74, 6) is 0.173. The van der Waals surface area contributed by atoms with Crippen molar-refractivity contribution in [3.05, 3.63) is 29.3 Å². The van der Waals surface area contributed by atoms with Gasteiger partial charge in [-0.15, -0.1) is 0 Å². The highest BCUT2D eigenvalue weighted by molar-refractivity contribution is 8.13. The minimum atomic E-state index is -3.84. The summed E-state index contributed by atoms with van der Waals surface area (Å²) >= 11 is 0. The van der Waals surface area contributed by atoms with E-state index in [1.807, 2.05) is 20.8 Å². The van der Waals surface area contributed by atoms with Crippen LogP contribution in [0.1, 0.15) is 36.7 Å². The molecule has 0 aromatic heterocycles. The molecule has 1 rings (SSSR count). The molecule has 0 spiro atoms. The fraction of sp³-hybridized carbons (Fsp3) is 0.500. The number of nitrogens with zero attached hydrogens (tertiary/aromatic N) is 1. The van der Waals surface area contributed by atoms with Gasteiger partial charge in [-0.25, -0.2) is 8.42 Å². The highest BCUT2D eigenvalue weighted by Crippen LogP contribution is 2.20. The summed E-state index contributed by atoms with van der Waals surface area (Å²) in [5.41, 5.74) is 1.04. The van der Waals surface area contributed by atoms with Gasteiger partial charge in [-0.1, -0.05) is 13.8 Å². The Kier molecular flexibility index (Phi) is 5.59. The second kappa shape index (κ2) is 6.59. The number of amides is 1. The number of aryl methyl sites for hydroxylation is 1. The van der Waals surface area contributed by atoms with Crippen molar-refractivity contribution in [1.82, 2.24) is 4.90 Å². The Morgan fingerprint density at radius 1 is 1.30 bits per heavy atom. The van der Waals surface area contributed by atoms with Crippen LogP contribution in [0.25, 0.3) is 0 Å². The summed E-state index contributed by atoms with van der Waals surface area (Å²) < 4.78 is 22.8. The molecule has 0 heterocycles. The average molecular weight is 318 g/mol. The number of rotatable bonds is 5. The van der Waals surface area contributed by atoms with E-state index in [-0.39, 0.29) is 10.8 Å². The van der Waals surface area contributed by atoms with Crippen molar-refractivity contribution in [3.8, 4) is 0 Å². The SMILES string of the molecule is CCN(CC(C)C)C(=O)c1cc(C)cc(S(=O)(=O)Cl)c1. The quantitative estimate of drug-likeness (QED) is 0.784. The lowest BCUT2D eigenvalue weighted by molar-refractivity contribution is 0.0745. The summed E-state index contributed by atoms with van der Waals surface area (Å²) in [6.45, 7) is 8.90. The van der Waals surface area contributed by atoms with Gasteiger partial charge in [0.25, 0.3) is 15.0 Å². The molecule has 20 heavy (non-hydrogen) atoms. The normalized spacial score (nSPS) is 11.7. The second-order valence-corrected chi connectivity index (χ2v) is 7.78. The Hall–Kier alpha value is -1.07. The fourth-order valence-electron chi connectivity index (χ4n) is 1.99. The fourth-order valence-corrected chi connectivity index (χ4v) is 2.85. The van der Waals surface area contributed by atoms with Gasteiger partial charge in [0.05, 0.1) is 4.90 Å². The Balaban J connectivity index is 3.19. The van der Waals surface area contributed by atoms with E-state index in [1.54, 1.807) is 17.9 Å².